The van der Waals surface area contributed by atoms with Crippen molar-refractivity contribution in [2.75, 3.05) is 6.54 Å². The Morgan fingerprint density at radius 2 is 1.65 bits per heavy atom. The van der Waals surface area contributed by atoms with E-state index in [9.17, 15) is 4.79 Å². The number of aliphatic imine (C=N–C) groups is 1. The summed E-state index contributed by atoms with van der Waals surface area (Å²) in [5.41, 5.74) is -0.0655. The van der Waals surface area contributed by atoms with Crippen molar-refractivity contribution < 1.29 is 4.79 Å². The van der Waals surface area contributed by atoms with Gasteiger partial charge in [0.1, 0.15) is 5.84 Å². The Morgan fingerprint density at radius 3 is 2.12 bits per heavy atom. The molecule has 0 aromatic carbocycles. The molecule has 0 fully saturated rings. The zero-order chi connectivity index (χ0) is 13.3. The van der Waals surface area contributed by atoms with Crippen LogP contribution in [0.2, 0.25) is 0 Å². The Labute approximate surface area is 105 Å². The minimum atomic E-state index is -0.0831. The van der Waals surface area contributed by atoms with Gasteiger partial charge in [0, 0.05) is 23.9 Å². The molecule has 0 N–H and O–H groups in total. The van der Waals surface area contributed by atoms with Gasteiger partial charge in [0.2, 0.25) is 5.91 Å². The van der Waals surface area contributed by atoms with E-state index in [1.807, 2.05) is 0 Å². The SMILES string of the molecule is CC(C)(C)/C1=N/C(=O)CCCCN1C(C)(C)C. The molecule has 1 heterocycles. The lowest BCUT2D eigenvalue weighted by Gasteiger charge is -2.43. The Kier molecular flexibility index (Phi) is 4.00. The van der Waals surface area contributed by atoms with Crippen LogP contribution >= 0.6 is 0 Å². The molecule has 98 valence electrons. The number of hydrogen-bond acceptors (Lipinski definition) is 2. The van der Waals surface area contributed by atoms with E-state index in [-0.39, 0.29) is 16.9 Å². The summed E-state index contributed by atoms with van der Waals surface area (Å²) in [7, 11) is 0. The summed E-state index contributed by atoms with van der Waals surface area (Å²) in [6, 6.07) is 0. The van der Waals surface area contributed by atoms with E-state index in [1.54, 1.807) is 0 Å². The number of hydrogen-bond donors (Lipinski definition) is 0. The molecule has 0 spiro atoms. The number of amidine groups is 1. The van der Waals surface area contributed by atoms with Gasteiger partial charge in [-0.25, -0.2) is 0 Å². The van der Waals surface area contributed by atoms with Gasteiger partial charge in [0.25, 0.3) is 0 Å². The molecule has 0 atom stereocenters. The molecule has 3 nitrogen and oxygen atoms in total. The average molecular weight is 238 g/mol. The van der Waals surface area contributed by atoms with E-state index in [0.29, 0.717) is 6.42 Å². The van der Waals surface area contributed by atoms with Gasteiger partial charge in [-0.2, -0.15) is 4.99 Å². The second kappa shape index (κ2) is 4.79. The smallest absolute Gasteiger partial charge is 0.247 e. The van der Waals surface area contributed by atoms with Crippen molar-refractivity contribution in [1.29, 1.82) is 0 Å². The van der Waals surface area contributed by atoms with Crippen molar-refractivity contribution in [3.8, 4) is 0 Å². The van der Waals surface area contributed by atoms with Crippen LogP contribution in [-0.4, -0.2) is 28.7 Å². The zero-order valence-electron chi connectivity index (χ0n) is 12.1. The fourth-order valence-corrected chi connectivity index (χ4v) is 2.11. The van der Waals surface area contributed by atoms with E-state index < -0.39 is 0 Å². The first-order valence-corrected chi connectivity index (χ1v) is 6.52. The zero-order valence-corrected chi connectivity index (χ0v) is 12.1. The van der Waals surface area contributed by atoms with Gasteiger partial charge in [-0.15, -0.1) is 0 Å². The van der Waals surface area contributed by atoms with E-state index in [1.165, 1.54) is 0 Å². The van der Waals surface area contributed by atoms with E-state index in [0.717, 1.165) is 25.2 Å². The summed E-state index contributed by atoms with van der Waals surface area (Å²) >= 11 is 0. The maximum Gasteiger partial charge on any atom is 0.247 e. The van der Waals surface area contributed by atoms with Crippen LogP contribution in [0.4, 0.5) is 0 Å². The summed E-state index contributed by atoms with van der Waals surface area (Å²) in [6.45, 7) is 13.9. The van der Waals surface area contributed by atoms with Crippen molar-refractivity contribution >= 4 is 11.7 Å². The summed E-state index contributed by atoms with van der Waals surface area (Å²) in [5.74, 6) is 0.971. The van der Waals surface area contributed by atoms with Crippen LogP contribution in [0, 0.1) is 5.41 Å². The van der Waals surface area contributed by atoms with Crippen molar-refractivity contribution in [3.63, 3.8) is 0 Å². The molecule has 0 saturated heterocycles. The van der Waals surface area contributed by atoms with Gasteiger partial charge in [-0.1, -0.05) is 20.8 Å². The van der Waals surface area contributed by atoms with Crippen molar-refractivity contribution in [2.24, 2.45) is 10.4 Å². The minimum absolute atomic E-state index is 0.0176. The van der Waals surface area contributed by atoms with Crippen LogP contribution in [0.5, 0.6) is 0 Å². The highest BCUT2D eigenvalue weighted by Crippen LogP contribution is 2.27. The summed E-state index contributed by atoms with van der Waals surface area (Å²) < 4.78 is 0. The number of carbonyl (C=O) groups excluding carboxylic acids is 1. The molecule has 1 aliphatic rings. The predicted octanol–water partition coefficient (Wildman–Crippen LogP) is 3.24. The Hall–Kier alpha value is -0.860. The lowest BCUT2D eigenvalue weighted by molar-refractivity contribution is -0.118. The van der Waals surface area contributed by atoms with Gasteiger partial charge in [-0.3, -0.25) is 4.79 Å². The molecule has 3 heteroatoms. The maximum absolute atomic E-state index is 11.8. The van der Waals surface area contributed by atoms with E-state index >= 15 is 0 Å². The number of carbonyl (C=O) groups is 1. The molecule has 0 aliphatic carbocycles. The van der Waals surface area contributed by atoms with Crippen molar-refractivity contribution in [3.05, 3.63) is 0 Å². The molecule has 1 amide bonds. The summed E-state index contributed by atoms with van der Waals surface area (Å²) in [5, 5.41) is 0. The first kappa shape index (κ1) is 14.2. The molecule has 0 aromatic rings. The van der Waals surface area contributed by atoms with Crippen LogP contribution in [0.25, 0.3) is 0 Å². The third kappa shape index (κ3) is 3.83. The quantitative estimate of drug-likeness (QED) is 0.649. The second-order valence-electron chi connectivity index (χ2n) is 6.86. The first-order valence-electron chi connectivity index (χ1n) is 6.52. The highest BCUT2D eigenvalue weighted by Gasteiger charge is 2.33. The van der Waals surface area contributed by atoms with Crippen LogP contribution < -0.4 is 0 Å². The first-order chi connectivity index (χ1) is 7.62. The molecule has 0 radical (unpaired) electrons. The van der Waals surface area contributed by atoms with E-state index in [2.05, 4.69) is 51.4 Å². The van der Waals surface area contributed by atoms with Crippen molar-refractivity contribution in [1.82, 2.24) is 4.90 Å². The summed E-state index contributed by atoms with van der Waals surface area (Å²) in [4.78, 5) is 18.4. The van der Waals surface area contributed by atoms with Crippen LogP contribution in [-0.2, 0) is 4.79 Å². The topological polar surface area (TPSA) is 32.7 Å². The number of amides is 1. The normalized spacial score (nSPS) is 22.8. The van der Waals surface area contributed by atoms with Gasteiger partial charge >= 0.3 is 0 Å². The third-order valence-electron chi connectivity index (χ3n) is 2.99. The molecule has 0 bridgehead atoms. The second-order valence-corrected chi connectivity index (χ2v) is 6.86. The molecule has 1 aliphatic heterocycles. The highest BCUT2D eigenvalue weighted by atomic mass is 16.1. The molecule has 0 saturated carbocycles. The maximum atomic E-state index is 11.8. The largest absolute Gasteiger partial charge is 0.355 e. The van der Waals surface area contributed by atoms with Gasteiger partial charge < -0.3 is 4.90 Å². The number of nitrogens with zero attached hydrogens (tertiary/aromatic N) is 2. The Balaban J connectivity index is 3.17. The highest BCUT2D eigenvalue weighted by molar-refractivity contribution is 5.97. The van der Waals surface area contributed by atoms with Gasteiger partial charge in [-0.05, 0) is 33.6 Å². The van der Waals surface area contributed by atoms with Crippen molar-refractivity contribution in [2.45, 2.75) is 66.3 Å². The molecular weight excluding hydrogens is 212 g/mol. The Morgan fingerprint density at radius 1 is 1.06 bits per heavy atom. The molecule has 0 unspecified atom stereocenters. The van der Waals surface area contributed by atoms with Crippen LogP contribution in [0.1, 0.15) is 60.8 Å². The minimum Gasteiger partial charge on any atom is -0.355 e. The predicted molar refractivity (Wildman–Crippen MR) is 72.2 cm³/mol. The van der Waals surface area contributed by atoms with Gasteiger partial charge in [0.05, 0.1) is 0 Å². The fraction of sp³-hybridized carbons (Fsp3) is 0.857. The lowest BCUT2D eigenvalue weighted by Crippen LogP contribution is -2.51. The van der Waals surface area contributed by atoms with Gasteiger partial charge in [0.15, 0.2) is 0 Å². The molecular formula is C14H26N2O. The standard InChI is InChI=1S/C14H26N2O/c1-13(2,3)12-15-11(17)9-7-8-10-16(12)14(4,5)6/h7-10H2,1-6H3/b15-12-. The lowest BCUT2D eigenvalue weighted by atomic mass is 9.90. The average Bonchev–Trinajstić information content (AvgIpc) is 2.06. The fourth-order valence-electron chi connectivity index (χ4n) is 2.11. The van der Waals surface area contributed by atoms with Crippen LogP contribution in [0.3, 0.4) is 0 Å². The summed E-state index contributed by atoms with van der Waals surface area (Å²) in [6.07, 6.45) is 2.61. The number of rotatable bonds is 0. The van der Waals surface area contributed by atoms with Crippen LogP contribution in [0.15, 0.2) is 4.99 Å². The van der Waals surface area contributed by atoms with E-state index in [4.69, 9.17) is 0 Å². The third-order valence-corrected chi connectivity index (χ3v) is 2.99. The Bertz CT molecular complexity index is 318. The molecule has 0 aromatic heterocycles. The molecule has 1 rings (SSSR count). The molecule has 17 heavy (non-hydrogen) atoms. The monoisotopic (exact) mass is 238 g/mol.